The van der Waals surface area contributed by atoms with E-state index >= 15 is 0 Å². The number of benzene rings is 4. The Morgan fingerprint density at radius 1 is 0.743 bits per heavy atom. The largest absolute Gasteiger partial charge is 0.457 e. The van der Waals surface area contributed by atoms with Gasteiger partial charge in [-0.05, 0) is 73.7 Å². The molecule has 0 aliphatic carbocycles. The van der Waals surface area contributed by atoms with Crippen LogP contribution in [-0.4, -0.2) is 24.9 Å². The molecule has 2 amide bonds. The summed E-state index contributed by atoms with van der Waals surface area (Å²) < 4.78 is 5.77. The highest BCUT2D eigenvalue weighted by Gasteiger charge is 2.16. The number of nitrogens with zero attached hydrogens (tertiary/aromatic N) is 1. The first-order valence-corrected chi connectivity index (χ1v) is 11.5. The summed E-state index contributed by atoms with van der Waals surface area (Å²) in [7, 11) is 0. The van der Waals surface area contributed by atoms with Gasteiger partial charge in [0.05, 0.1) is 6.54 Å². The summed E-state index contributed by atoms with van der Waals surface area (Å²) >= 11 is 0. The maximum absolute atomic E-state index is 13.1. The first-order chi connectivity index (χ1) is 17.1. The van der Waals surface area contributed by atoms with Crippen LogP contribution >= 0.6 is 0 Å². The number of ether oxygens (including phenoxy) is 1. The Kier molecular flexibility index (Phi) is 7.76. The van der Waals surface area contributed by atoms with Crippen LogP contribution in [0.1, 0.15) is 17.3 Å². The van der Waals surface area contributed by atoms with Crippen molar-refractivity contribution in [2.75, 3.05) is 28.6 Å². The number of hydrogen-bond donors (Lipinski definition) is 2. The molecule has 0 aliphatic rings. The zero-order valence-corrected chi connectivity index (χ0v) is 19.5. The minimum Gasteiger partial charge on any atom is -0.457 e. The van der Waals surface area contributed by atoms with Crippen LogP contribution in [0.15, 0.2) is 109 Å². The summed E-state index contributed by atoms with van der Waals surface area (Å²) in [5, 5.41) is 5.95. The molecule has 0 aliphatic heterocycles. The van der Waals surface area contributed by atoms with Crippen molar-refractivity contribution in [2.45, 2.75) is 6.92 Å². The average Bonchev–Trinajstić information content (AvgIpc) is 2.90. The predicted octanol–water partition coefficient (Wildman–Crippen LogP) is 6.20. The van der Waals surface area contributed by atoms with Gasteiger partial charge < -0.3 is 20.3 Å². The molecule has 4 aromatic carbocycles. The van der Waals surface area contributed by atoms with Crippen molar-refractivity contribution >= 4 is 28.9 Å². The molecule has 4 rings (SSSR count). The van der Waals surface area contributed by atoms with Crippen LogP contribution in [0.25, 0.3) is 0 Å². The van der Waals surface area contributed by atoms with E-state index in [4.69, 9.17) is 4.74 Å². The summed E-state index contributed by atoms with van der Waals surface area (Å²) in [4.78, 5) is 27.2. The second-order valence-electron chi connectivity index (χ2n) is 7.81. The molecule has 0 unspecified atom stereocenters. The SMILES string of the molecule is CCN(C(=O)c1cccc(NCC(=O)Nc2ccc(Oc3ccccc3)cc2)c1)c1ccccc1. The predicted molar refractivity (Wildman–Crippen MR) is 140 cm³/mol. The zero-order valence-electron chi connectivity index (χ0n) is 19.5. The summed E-state index contributed by atoms with van der Waals surface area (Å²) in [6.45, 7) is 2.56. The molecule has 6 heteroatoms. The molecule has 0 bridgehead atoms. The fraction of sp³-hybridized carbons (Fsp3) is 0.103. The minimum absolute atomic E-state index is 0.0656. The van der Waals surface area contributed by atoms with E-state index in [1.807, 2.05) is 73.7 Å². The van der Waals surface area contributed by atoms with Gasteiger partial charge in [0, 0.05) is 29.2 Å². The summed E-state index contributed by atoms with van der Waals surface area (Å²) in [6, 6.07) is 33.4. The van der Waals surface area contributed by atoms with Gasteiger partial charge >= 0.3 is 0 Å². The van der Waals surface area contributed by atoms with Gasteiger partial charge in [-0.25, -0.2) is 0 Å². The van der Waals surface area contributed by atoms with Gasteiger partial charge in [-0.15, -0.1) is 0 Å². The van der Waals surface area contributed by atoms with Gasteiger partial charge in [0.1, 0.15) is 11.5 Å². The van der Waals surface area contributed by atoms with E-state index in [2.05, 4.69) is 10.6 Å². The first-order valence-electron chi connectivity index (χ1n) is 11.5. The number of hydrogen-bond acceptors (Lipinski definition) is 4. The van der Waals surface area contributed by atoms with Crippen LogP contribution in [0, 0.1) is 0 Å². The molecule has 4 aromatic rings. The molecule has 35 heavy (non-hydrogen) atoms. The lowest BCUT2D eigenvalue weighted by molar-refractivity contribution is -0.114. The van der Waals surface area contributed by atoms with Gasteiger partial charge in [-0.1, -0.05) is 42.5 Å². The Morgan fingerprint density at radius 3 is 2.09 bits per heavy atom. The molecule has 0 saturated heterocycles. The normalized spacial score (nSPS) is 10.3. The van der Waals surface area contributed by atoms with Crippen molar-refractivity contribution in [1.29, 1.82) is 0 Å². The summed E-state index contributed by atoms with van der Waals surface area (Å²) in [5.41, 5.74) is 2.76. The molecule has 0 fully saturated rings. The van der Waals surface area contributed by atoms with Gasteiger partial charge in [0.2, 0.25) is 5.91 Å². The van der Waals surface area contributed by atoms with Crippen molar-refractivity contribution < 1.29 is 14.3 Å². The number of carbonyl (C=O) groups excluding carboxylic acids is 2. The van der Waals surface area contributed by atoms with E-state index in [9.17, 15) is 9.59 Å². The highest BCUT2D eigenvalue weighted by molar-refractivity contribution is 6.06. The lowest BCUT2D eigenvalue weighted by Crippen LogP contribution is -2.30. The quantitative estimate of drug-likeness (QED) is 0.309. The van der Waals surface area contributed by atoms with Crippen LogP contribution in [-0.2, 0) is 4.79 Å². The maximum Gasteiger partial charge on any atom is 0.258 e. The van der Waals surface area contributed by atoms with Crippen molar-refractivity contribution in [3.05, 3.63) is 115 Å². The van der Waals surface area contributed by atoms with Crippen LogP contribution in [0.4, 0.5) is 17.1 Å². The van der Waals surface area contributed by atoms with Gasteiger partial charge in [-0.2, -0.15) is 0 Å². The Labute approximate surface area is 205 Å². The third-order valence-electron chi connectivity index (χ3n) is 5.31. The molecule has 176 valence electrons. The van der Waals surface area contributed by atoms with E-state index in [0.29, 0.717) is 29.2 Å². The van der Waals surface area contributed by atoms with E-state index < -0.39 is 0 Å². The molecule has 0 heterocycles. The van der Waals surface area contributed by atoms with Crippen molar-refractivity contribution in [3.8, 4) is 11.5 Å². The second-order valence-corrected chi connectivity index (χ2v) is 7.81. The molecular weight excluding hydrogens is 438 g/mol. The number of amides is 2. The lowest BCUT2D eigenvalue weighted by Gasteiger charge is -2.21. The van der Waals surface area contributed by atoms with E-state index in [1.165, 1.54) is 0 Å². The van der Waals surface area contributed by atoms with Gasteiger partial charge in [-0.3, -0.25) is 9.59 Å². The number of anilines is 3. The highest BCUT2D eigenvalue weighted by Crippen LogP contribution is 2.23. The molecule has 6 nitrogen and oxygen atoms in total. The molecular formula is C29H27N3O3. The third kappa shape index (κ3) is 6.48. The second kappa shape index (κ2) is 11.5. The fourth-order valence-corrected chi connectivity index (χ4v) is 3.59. The van der Waals surface area contributed by atoms with Crippen LogP contribution < -0.4 is 20.3 Å². The van der Waals surface area contributed by atoms with Gasteiger partial charge in [0.25, 0.3) is 5.91 Å². The van der Waals surface area contributed by atoms with Crippen molar-refractivity contribution in [1.82, 2.24) is 0 Å². The smallest absolute Gasteiger partial charge is 0.258 e. The Morgan fingerprint density at radius 2 is 1.40 bits per heavy atom. The number of para-hydroxylation sites is 2. The van der Waals surface area contributed by atoms with E-state index in [1.54, 1.807) is 47.4 Å². The number of carbonyl (C=O) groups is 2. The van der Waals surface area contributed by atoms with Crippen molar-refractivity contribution in [3.63, 3.8) is 0 Å². The third-order valence-corrected chi connectivity index (χ3v) is 5.31. The van der Waals surface area contributed by atoms with Crippen molar-refractivity contribution in [2.24, 2.45) is 0 Å². The number of nitrogens with one attached hydrogen (secondary N) is 2. The number of rotatable bonds is 9. The Balaban J connectivity index is 1.32. The molecule has 0 radical (unpaired) electrons. The minimum atomic E-state index is -0.196. The monoisotopic (exact) mass is 465 g/mol. The van der Waals surface area contributed by atoms with E-state index in [0.717, 1.165) is 11.4 Å². The molecule has 0 atom stereocenters. The summed E-state index contributed by atoms with van der Waals surface area (Å²) in [6.07, 6.45) is 0. The molecule has 0 spiro atoms. The highest BCUT2D eigenvalue weighted by atomic mass is 16.5. The van der Waals surface area contributed by atoms with E-state index in [-0.39, 0.29) is 18.4 Å². The van der Waals surface area contributed by atoms with Gasteiger partial charge in [0.15, 0.2) is 0 Å². The van der Waals surface area contributed by atoms with Crippen LogP contribution in [0.2, 0.25) is 0 Å². The average molecular weight is 466 g/mol. The lowest BCUT2D eigenvalue weighted by atomic mass is 10.1. The first kappa shape index (κ1) is 23.6. The molecule has 2 N–H and O–H groups in total. The fourth-order valence-electron chi connectivity index (χ4n) is 3.59. The summed E-state index contributed by atoms with van der Waals surface area (Å²) in [5.74, 6) is 1.15. The Hall–Kier alpha value is -4.58. The maximum atomic E-state index is 13.1. The Bertz CT molecular complexity index is 1260. The molecule has 0 aromatic heterocycles. The molecule has 0 saturated carbocycles. The van der Waals surface area contributed by atoms with Crippen LogP contribution in [0.3, 0.4) is 0 Å². The zero-order chi connectivity index (χ0) is 24.5. The topological polar surface area (TPSA) is 70.7 Å². The van der Waals surface area contributed by atoms with Crippen LogP contribution in [0.5, 0.6) is 11.5 Å². The standard InChI is InChI=1S/C29H27N3O3/c1-2-32(25-12-5-3-6-13-25)29(34)22-10-9-11-24(20-22)30-21-28(33)31-23-16-18-27(19-17-23)35-26-14-7-4-8-15-26/h3-20,30H,2,21H2,1H3,(H,31,33).